The molecule has 1 aliphatic rings. The molecule has 14 heavy (non-hydrogen) atoms. The van der Waals surface area contributed by atoms with Crippen molar-refractivity contribution in [2.24, 2.45) is 5.41 Å². The quantitative estimate of drug-likeness (QED) is 0.539. The van der Waals surface area contributed by atoms with Gasteiger partial charge in [0.2, 0.25) is 0 Å². The molecule has 0 aromatic rings. The Hall–Kier alpha value is -0.900. The molecule has 1 rings (SSSR count). The van der Waals surface area contributed by atoms with Crippen LogP contribution in [0.2, 0.25) is 0 Å². The summed E-state index contributed by atoms with van der Waals surface area (Å²) in [5, 5.41) is 2.94. The van der Waals surface area contributed by atoms with Gasteiger partial charge in [-0.05, 0) is 12.8 Å². The van der Waals surface area contributed by atoms with E-state index in [0.29, 0.717) is 0 Å². The summed E-state index contributed by atoms with van der Waals surface area (Å²) in [7, 11) is 0. The first-order valence-electron chi connectivity index (χ1n) is 4.99. The Bertz CT molecular complexity index is 236. The maximum atomic E-state index is 10.8. The predicted molar refractivity (Wildman–Crippen MR) is 51.6 cm³/mol. The third-order valence-corrected chi connectivity index (χ3v) is 3.21. The van der Waals surface area contributed by atoms with Crippen molar-refractivity contribution in [2.45, 2.75) is 45.9 Å². The van der Waals surface area contributed by atoms with E-state index in [0.717, 1.165) is 19.1 Å². The highest BCUT2D eigenvalue weighted by Gasteiger charge is 2.54. The molecule has 0 spiro atoms. The molecule has 2 atom stereocenters. The van der Waals surface area contributed by atoms with Crippen molar-refractivity contribution in [3.05, 3.63) is 0 Å². The summed E-state index contributed by atoms with van der Waals surface area (Å²) < 4.78 is 5.11. The lowest BCUT2D eigenvalue weighted by Crippen LogP contribution is -2.71. The summed E-state index contributed by atoms with van der Waals surface area (Å²) in [4.78, 5) is 21.6. The second kappa shape index (κ2) is 4.09. The zero-order chi connectivity index (χ0) is 10.8. The summed E-state index contributed by atoms with van der Waals surface area (Å²) in [6.45, 7) is 5.40. The zero-order valence-electron chi connectivity index (χ0n) is 8.87. The molecule has 0 aromatic heterocycles. The standard InChI is InChI=1S/C10H17NO3/c1-4-10(5-2)8(6-12)11-9(10)14-7(3)13/h6,8-9,11H,4-5H2,1-3H3. The van der Waals surface area contributed by atoms with Gasteiger partial charge in [0.15, 0.2) is 6.23 Å². The van der Waals surface area contributed by atoms with Crippen LogP contribution in [0.5, 0.6) is 0 Å². The third-order valence-electron chi connectivity index (χ3n) is 3.21. The minimum atomic E-state index is -0.307. The number of carbonyl (C=O) groups excluding carboxylic acids is 2. The van der Waals surface area contributed by atoms with Crippen LogP contribution in [-0.2, 0) is 14.3 Å². The topological polar surface area (TPSA) is 55.4 Å². The van der Waals surface area contributed by atoms with Crippen LogP contribution < -0.4 is 5.32 Å². The zero-order valence-corrected chi connectivity index (χ0v) is 8.87. The SMILES string of the molecule is CCC1(CC)C(C=O)NC1OC(C)=O. The molecule has 1 saturated heterocycles. The van der Waals surface area contributed by atoms with Crippen LogP contribution in [0.15, 0.2) is 0 Å². The van der Waals surface area contributed by atoms with E-state index in [9.17, 15) is 9.59 Å². The van der Waals surface area contributed by atoms with Crippen LogP contribution in [0, 0.1) is 5.41 Å². The first-order valence-corrected chi connectivity index (χ1v) is 4.99. The number of aldehydes is 1. The normalized spacial score (nSPS) is 29.1. The summed E-state index contributed by atoms with van der Waals surface area (Å²) in [6.07, 6.45) is 2.26. The molecular weight excluding hydrogens is 182 g/mol. The van der Waals surface area contributed by atoms with Gasteiger partial charge in [-0.2, -0.15) is 0 Å². The van der Waals surface area contributed by atoms with Crippen molar-refractivity contribution in [2.75, 3.05) is 0 Å². The van der Waals surface area contributed by atoms with E-state index in [1.54, 1.807) is 0 Å². The maximum Gasteiger partial charge on any atom is 0.304 e. The summed E-state index contributed by atoms with van der Waals surface area (Å²) in [6, 6.07) is -0.179. The summed E-state index contributed by atoms with van der Waals surface area (Å²) in [5.41, 5.74) is -0.201. The molecule has 4 heteroatoms. The van der Waals surface area contributed by atoms with Gasteiger partial charge in [0, 0.05) is 12.3 Å². The van der Waals surface area contributed by atoms with Crippen LogP contribution in [0.25, 0.3) is 0 Å². The van der Waals surface area contributed by atoms with Gasteiger partial charge in [-0.3, -0.25) is 10.1 Å². The molecule has 0 bridgehead atoms. The molecule has 1 N–H and O–H groups in total. The number of ether oxygens (including phenoxy) is 1. The molecule has 0 aromatic carbocycles. The number of esters is 1. The highest BCUT2D eigenvalue weighted by Crippen LogP contribution is 2.42. The van der Waals surface area contributed by atoms with E-state index < -0.39 is 0 Å². The number of carbonyl (C=O) groups is 2. The van der Waals surface area contributed by atoms with Crippen molar-refractivity contribution in [3.8, 4) is 0 Å². The molecule has 1 fully saturated rings. The number of nitrogens with one attached hydrogen (secondary N) is 1. The van der Waals surface area contributed by atoms with Gasteiger partial charge in [0.05, 0.1) is 6.04 Å². The van der Waals surface area contributed by atoms with Gasteiger partial charge >= 0.3 is 5.97 Å². The second-order valence-electron chi connectivity index (χ2n) is 3.71. The van der Waals surface area contributed by atoms with Crippen molar-refractivity contribution >= 4 is 12.3 Å². The van der Waals surface area contributed by atoms with Crippen LogP contribution in [0.1, 0.15) is 33.6 Å². The van der Waals surface area contributed by atoms with Crippen molar-refractivity contribution in [1.29, 1.82) is 0 Å². The lowest BCUT2D eigenvalue weighted by atomic mass is 9.68. The highest BCUT2D eigenvalue weighted by atomic mass is 16.6. The molecule has 0 amide bonds. The van der Waals surface area contributed by atoms with E-state index in [2.05, 4.69) is 5.32 Å². The Morgan fingerprint density at radius 3 is 2.43 bits per heavy atom. The van der Waals surface area contributed by atoms with Gasteiger partial charge in [0.1, 0.15) is 6.29 Å². The first kappa shape index (κ1) is 11.2. The van der Waals surface area contributed by atoms with E-state index in [4.69, 9.17) is 4.74 Å². The summed E-state index contributed by atoms with van der Waals surface area (Å²) >= 11 is 0. The Labute approximate surface area is 84.0 Å². The molecule has 4 nitrogen and oxygen atoms in total. The van der Waals surface area contributed by atoms with E-state index in [-0.39, 0.29) is 23.7 Å². The van der Waals surface area contributed by atoms with E-state index in [1.807, 2.05) is 13.8 Å². The van der Waals surface area contributed by atoms with Crippen LogP contribution in [0.3, 0.4) is 0 Å². The van der Waals surface area contributed by atoms with Gasteiger partial charge in [-0.1, -0.05) is 13.8 Å². The number of rotatable bonds is 4. The lowest BCUT2D eigenvalue weighted by molar-refractivity contribution is -0.183. The fourth-order valence-corrected chi connectivity index (χ4v) is 2.11. The average Bonchev–Trinajstić information content (AvgIpc) is 2.13. The van der Waals surface area contributed by atoms with Crippen LogP contribution in [0.4, 0.5) is 0 Å². The Balaban J connectivity index is 2.72. The smallest absolute Gasteiger partial charge is 0.304 e. The van der Waals surface area contributed by atoms with Crippen LogP contribution >= 0.6 is 0 Å². The number of hydrogen-bond donors (Lipinski definition) is 1. The van der Waals surface area contributed by atoms with Crippen LogP contribution in [-0.4, -0.2) is 24.5 Å². The minimum absolute atomic E-state index is 0.179. The van der Waals surface area contributed by atoms with Crippen molar-refractivity contribution in [1.82, 2.24) is 5.32 Å². The Morgan fingerprint density at radius 2 is 2.07 bits per heavy atom. The van der Waals surface area contributed by atoms with Gasteiger partial charge in [-0.25, -0.2) is 0 Å². The monoisotopic (exact) mass is 199 g/mol. The largest absolute Gasteiger partial charge is 0.446 e. The molecule has 80 valence electrons. The lowest BCUT2D eigenvalue weighted by Gasteiger charge is -2.53. The third kappa shape index (κ3) is 1.54. The van der Waals surface area contributed by atoms with Crippen molar-refractivity contribution in [3.63, 3.8) is 0 Å². The summed E-state index contributed by atoms with van der Waals surface area (Å²) in [5.74, 6) is -0.307. The van der Waals surface area contributed by atoms with E-state index >= 15 is 0 Å². The van der Waals surface area contributed by atoms with Gasteiger partial charge in [0.25, 0.3) is 0 Å². The highest BCUT2D eigenvalue weighted by molar-refractivity contribution is 5.67. The molecule has 0 saturated carbocycles. The van der Waals surface area contributed by atoms with E-state index in [1.165, 1.54) is 6.92 Å². The average molecular weight is 199 g/mol. The van der Waals surface area contributed by atoms with Crippen molar-refractivity contribution < 1.29 is 14.3 Å². The molecular formula is C10H17NO3. The molecule has 0 radical (unpaired) electrons. The molecule has 2 unspecified atom stereocenters. The first-order chi connectivity index (χ1) is 6.60. The Kier molecular flexibility index (Phi) is 3.26. The minimum Gasteiger partial charge on any atom is -0.446 e. The maximum absolute atomic E-state index is 10.8. The fraction of sp³-hybridized carbons (Fsp3) is 0.800. The molecule has 0 aliphatic carbocycles. The van der Waals surface area contributed by atoms with Gasteiger partial charge < -0.3 is 9.53 Å². The van der Waals surface area contributed by atoms with Gasteiger partial charge in [-0.15, -0.1) is 0 Å². The fourth-order valence-electron chi connectivity index (χ4n) is 2.11. The second-order valence-corrected chi connectivity index (χ2v) is 3.71. The molecule has 1 aliphatic heterocycles. The Morgan fingerprint density at radius 1 is 1.50 bits per heavy atom. The number of hydrogen-bond acceptors (Lipinski definition) is 4. The molecule has 1 heterocycles. The predicted octanol–water partition coefficient (Wildman–Crippen LogP) is 0.853.